The lowest BCUT2D eigenvalue weighted by atomic mass is 10.3. The molecular formula is C16H17N5OS. The summed E-state index contributed by atoms with van der Waals surface area (Å²) in [5.74, 6) is 0. The van der Waals surface area contributed by atoms with E-state index in [2.05, 4.69) is 20.7 Å². The minimum Gasteiger partial charge on any atom is -0.336 e. The number of thiophene rings is 1. The summed E-state index contributed by atoms with van der Waals surface area (Å²) in [5, 5.41) is 12.1. The van der Waals surface area contributed by atoms with Gasteiger partial charge in [0.2, 0.25) is 0 Å². The van der Waals surface area contributed by atoms with E-state index < -0.39 is 0 Å². The van der Waals surface area contributed by atoms with Crippen molar-refractivity contribution in [2.24, 2.45) is 0 Å². The number of hydrogen-bond acceptors (Lipinski definition) is 4. The Morgan fingerprint density at radius 2 is 2.09 bits per heavy atom. The highest BCUT2D eigenvalue weighted by atomic mass is 32.1. The highest BCUT2D eigenvalue weighted by molar-refractivity contribution is 7.09. The summed E-state index contributed by atoms with van der Waals surface area (Å²) in [6, 6.07) is 11.4. The van der Waals surface area contributed by atoms with Crippen LogP contribution < -0.4 is 10.6 Å². The van der Waals surface area contributed by atoms with Gasteiger partial charge in [-0.15, -0.1) is 11.3 Å². The van der Waals surface area contributed by atoms with Crippen molar-refractivity contribution in [3.63, 3.8) is 0 Å². The summed E-state index contributed by atoms with van der Waals surface area (Å²) in [5.41, 5.74) is 1.67. The Kier molecular flexibility index (Phi) is 5.00. The lowest BCUT2D eigenvalue weighted by Gasteiger charge is -2.06. The van der Waals surface area contributed by atoms with Gasteiger partial charge in [0, 0.05) is 23.8 Å². The average molecular weight is 327 g/mol. The van der Waals surface area contributed by atoms with Crippen LogP contribution in [-0.4, -0.2) is 27.3 Å². The van der Waals surface area contributed by atoms with Gasteiger partial charge in [0.25, 0.3) is 0 Å². The minimum absolute atomic E-state index is 0.171. The standard InChI is InChI=1S/C16H17N5OS/c22-16(19-12-13-4-3-11-23-13)18-8-10-21-9-6-15(20-21)14-5-1-2-7-17-14/h1-7,9,11H,8,10,12H2,(H2,18,19,22). The second kappa shape index (κ2) is 7.55. The maximum absolute atomic E-state index is 11.7. The fourth-order valence-electron chi connectivity index (χ4n) is 2.06. The zero-order chi connectivity index (χ0) is 15.9. The van der Waals surface area contributed by atoms with Crippen molar-refractivity contribution in [3.8, 4) is 11.4 Å². The van der Waals surface area contributed by atoms with Gasteiger partial charge in [-0.1, -0.05) is 12.1 Å². The lowest BCUT2D eigenvalue weighted by Crippen LogP contribution is -2.36. The molecule has 0 saturated carbocycles. The first-order valence-electron chi connectivity index (χ1n) is 7.30. The molecule has 3 aromatic rings. The van der Waals surface area contributed by atoms with Crippen LogP contribution in [0.2, 0.25) is 0 Å². The highest BCUT2D eigenvalue weighted by Gasteiger charge is 2.04. The molecular weight excluding hydrogens is 310 g/mol. The largest absolute Gasteiger partial charge is 0.336 e. The van der Waals surface area contributed by atoms with Crippen LogP contribution >= 0.6 is 11.3 Å². The highest BCUT2D eigenvalue weighted by Crippen LogP contribution is 2.12. The lowest BCUT2D eigenvalue weighted by molar-refractivity contribution is 0.240. The number of pyridine rings is 1. The molecule has 0 aliphatic heterocycles. The summed E-state index contributed by atoms with van der Waals surface area (Å²) >= 11 is 1.62. The van der Waals surface area contributed by atoms with Crippen molar-refractivity contribution >= 4 is 17.4 Å². The molecule has 3 heterocycles. The molecule has 3 aromatic heterocycles. The van der Waals surface area contributed by atoms with Gasteiger partial charge in [-0.05, 0) is 29.6 Å². The predicted octanol–water partition coefficient (Wildman–Crippen LogP) is 2.51. The second-order valence-electron chi connectivity index (χ2n) is 4.87. The van der Waals surface area contributed by atoms with Gasteiger partial charge in [-0.2, -0.15) is 5.10 Å². The van der Waals surface area contributed by atoms with Crippen molar-refractivity contribution < 1.29 is 4.79 Å². The number of hydrogen-bond donors (Lipinski definition) is 2. The Hall–Kier alpha value is -2.67. The topological polar surface area (TPSA) is 71.8 Å². The number of amides is 2. The Morgan fingerprint density at radius 1 is 1.13 bits per heavy atom. The number of rotatable bonds is 6. The first kappa shape index (κ1) is 15.2. The Morgan fingerprint density at radius 3 is 2.87 bits per heavy atom. The van der Waals surface area contributed by atoms with Crippen molar-refractivity contribution in [2.45, 2.75) is 13.1 Å². The molecule has 0 bridgehead atoms. The van der Waals surface area contributed by atoms with Gasteiger partial charge >= 0.3 is 6.03 Å². The predicted molar refractivity (Wildman–Crippen MR) is 90.0 cm³/mol. The monoisotopic (exact) mass is 327 g/mol. The smallest absolute Gasteiger partial charge is 0.315 e. The van der Waals surface area contributed by atoms with Gasteiger partial charge in [0.05, 0.1) is 18.8 Å². The number of urea groups is 1. The van der Waals surface area contributed by atoms with E-state index in [1.165, 1.54) is 0 Å². The van der Waals surface area contributed by atoms with Gasteiger partial charge in [0.1, 0.15) is 5.69 Å². The quantitative estimate of drug-likeness (QED) is 0.731. The third-order valence-electron chi connectivity index (χ3n) is 3.20. The molecule has 0 atom stereocenters. The summed E-state index contributed by atoms with van der Waals surface area (Å²) < 4.78 is 1.80. The van der Waals surface area contributed by atoms with E-state index >= 15 is 0 Å². The zero-order valence-corrected chi connectivity index (χ0v) is 13.3. The number of carbonyl (C=O) groups excluding carboxylic acids is 1. The molecule has 7 heteroatoms. The molecule has 6 nitrogen and oxygen atoms in total. The summed E-state index contributed by atoms with van der Waals surface area (Å²) in [6.07, 6.45) is 3.63. The van der Waals surface area contributed by atoms with Gasteiger partial charge < -0.3 is 10.6 Å². The molecule has 23 heavy (non-hydrogen) atoms. The molecule has 0 spiro atoms. The summed E-state index contributed by atoms with van der Waals surface area (Å²) in [4.78, 5) is 17.1. The van der Waals surface area contributed by atoms with E-state index in [-0.39, 0.29) is 6.03 Å². The van der Waals surface area contributed by atoms with Crippen LogP contribution in [0.25, 0.3) is 11.4 Å². The zero-order valence-electron chi connectivity index (χ0n) is 12.5. The van der Waals surface area contributed by atoms with Crippen LogP contribution in [-0.2, 0) is 13.1 Å². The third kappa shape index (κ3) is 4.40. The van der Waals surface area contributed by atoms with E-state index in [0.29, 0.717) is 19.6 Å². The Labute approximate surface area is 138 Å². The normalized spacial score (nSPS) is 10.4. The SMILES string of the molecule is O=C(NCCn1ccc(-c2ccccn2)n1)NCc1cccs1. The first-order valence-corrected chi connectivity index (χ1v) is 8.18. The molecule has 0 fully saturated rings. The van der Waals surface area contributed by atoms with Crippen molar-refractivity contribution in [1.29, 1.82) is 0 Å². The first-order chi connectivity index (χ1) is 11.3. The number of aromatic nitrogens is 3. The molecule has 2 amide bonds. The van der Waals surface area contributed by atoms with Crippen LogP contribution in [0.1, 0.15) is 4.88 Å². The van der Waals surface area contributed by atoms with Crippen molar-refractivity contribution in [1.82, 2.24) is 25.4 Å². The fourth-order valence-corrected chi connectivity index (χ4v) is 2.71. The summed E-state index contributed by atoms with van der Waals surface area (Å²) in [6.45, 7) is 1.67. The third-order valence-corrected chi connectivity index (χ3v) is 4.07. The second-order valence-corrected chi connectivity index (χ2v) is 5.90. The van der Waals surface area contributed by atoms with E-state index in [1.54, 1.807) is 22.2 Å². The maximum atomic E-state index is 11.7. The molecule has 2 N–H and O–H groups in total. The molecule has 3 rings (SSSR count). The van der Waals surface area contributed by atoms with E-state index in [0.717, 1.165) is 16.3 Å². The molecule has 0 aliphatic carbocycles. The molecule has 0 saturated heterocycles. The molecule has 0 aromatic carbocycles. The molecule has 0 radical (unpaired) electrons. The van der Waals surface area contributed by atoms with Gasteiger partial charge in [0.15, 0.2) is 0 Å². The number of carbonyl (C=O) groups is 1. The number of nitrogens with one attached hydrogen (secondary N) is 2. The van der Waals surface area contributed by atoms with Crippen molar-refractivity contribution in [3.05, 3.63) is 59.0 Å². The van der Waals surface area contributed by atoms with E-state index in [1.807, 2.05) is 48.0 Å². The van der Waals surface area contributed by atoms with Crippen LogP contribution in [0.3, 0.4) is 0 Å². The van der Waals surface area contributed by atoms with Crippen molar-refractivity contribution in [2.75, 3.05) is 6.54 Å². The van der Waals surface area contributed by atoms with Crippen LogP contribution in [0, 0.1) is 0 Å². The van der Waals surface area contributed by atoms with Crippen LogP contribution in [0.15, 0.2) is 54.2 Å². The molecule has 118 valence electrons. The molecule has 0 unspecified atom stereocenters. The average Bonchev–Trinajstić information content (AvgIpc) is 3.26. The number of nitrogens with zero attached hydrogens (tertiary/aromatic N) is 3. The minimum atomic E-state index is -0.171. The fraction of sp³-hybridized carbons (Fsp3) is 0.188. The van der Waals surface area contributed by atoms with Gasteiger partial charge in [-0.25, -0.2) is 4.79 Å². The Bertz CT molecular complexity index is 739. The van der Waals surface area contributed by atoms with Crippen LogP contribution in [0.4, 0.5) is 4.79 Å². The van der Waals surface area contributed by atoms with E-state index in [9.17, 15) is 4.79 Å². The van der Waals surface area contributed by atoms with Crippen LogP contribution in [0.5, 0.6) is 0 Å². The summed E-state index contributed by atoms with van der Waals surface area (Å²) in [7, 11) is 0. The Balaban J connectivity index is 1.42. The van der Waals surface area contributed by atoms with Gasteiger partial charge in [-0.3, -0.25) is 9.67 Å². The van der Waals surface area contributed by atoms with E-state index in [4.69, 9.17) is 0 Å². The molecule has 0 aliphatic rings. The maximum Gasteiger partial charge on any atom is 0.315 e.